The number of pyridine rings is 1. The van der Waals surface area contributed by atoms with Crippen LogP contribution in [0.15, 0.2) is 23.4 Å². The molecule has 0 radical (unpaired) electrons. The van der Waals surface area contributed by atoms with Gasteiger partial charge in [0.2, 0.25) is 0 Å². The molecule has 0 bridgehead atoms. The number of thioether (sulfide) groups is 1. The third-order valence-electron chi connectivity index (χ3n) is 3.49. The zero-order valence-corrected chi connectivity index (χ0v) is 12.5. The third kappa shape index (κ3) is 2.95. The summed E-state index contributed by atoms with van der Waals surface area (Å²) in [5.74, 6) is 2.87. The van der Waals surface area contributed by atoms with Crippen LogP contribution in [-0.4, -0.2) is 26.8 Å². The lowest BCUT2D eigenvalue weighted by atomic mass is 10.2. The van der Waals surface area contributed by atoms with E-state index in [1.165, 1.54) is 19.3 Å². The monoisotopic (exact) mass is 289 g/mol. The summed E-state index contributed by atoms with van der Waals surface area (Å²) in [7, 11) is 1.89. The van der Waals surface area contributed by atoms with E-state index in [1.54, 1.807) is 11.8 Å². The van der Waals surface area contributed by atoms with Crippen LogP contribution >= 0.6 is 11.8 Å². The number of rotatable bonds is 4. The lowest BCUT2D eigenvalue weighted by Crippen LogP contribution is -2.02. The number of nitrogens with one attached hydrogen (secondary N) is 1. The summed E-state index contributed by atoms with van der Waals surface area (Å²) in [4.78, 5) is 4.53. The average molecular weight is 289 g/mol. The van der Waals surface area contributed by atoms with E-state index < -0.39 is 0 Å². The molecule has 106 valence electrons. The van der Waals surface area contributed by atoms with E-state index in [2.05, 4.69) is 25.1 Å². The lowest BCUT2D eigenvalue weighted by molar-refractivity contribution is 0.591. The Morgan fingerprint density at radius 3 is 3.10 bits per heavy atom. The Morgan fingerprint density at radius 1 is 1.25 bits per heavy atom. The van der Waals surface area contributed by atoms with Crippen molar-refractivity contribution < 1.29 is 0 Å². The van der Waals surface area contributed by atoms with Crippen LogP contribution in [0.1, 0.15) is 30.8 Å². The fraction of sp³-hybridized carbons (Fsp3) is 0.500. The Hall–Kier alpha value is -1.56. The van der Waals surface area contributed by atoms with Gasteiger partial charge in [-0.3, -0.25) is 0 Å². The third-order valence-corrected chi connectivity index (χ3v) is 4.49. The molecule has 6 heteroatoms. The maximum Gasteiger partial charge on any atom is 0.191 e. The summed E-state index contributed by atoms with van der Waals surface area (Å²) in [5.41, 5.74) is 1.06. The van der Waals surface area contributed by atoms with Crippen molar-refractivity contribution in [2.75, 3.05) is 12.4 Å². The number of aromatic nitrogens is 4. The van der Waals surface area contributed by atoms with Gasteiger partial charge in [-0.15, -0.1) is 10.2 Å². The fourth-order valence-electron chi connectivity index (χ4n) is 2.40. The average Bonchev–Trinajstić information content (AvgIpc) is 2.72. The van der Waals surface area contributed by atoms with Crippen molar-refractivity contribution in [2.45, 2.75) is 43.1 Å². The Balaban J connectivity index is 1.70. The van der Waals surface area contributed by atoms with Crippen LogP contribution < -0.4 is 5.32 Å². The molecular formula is C14H19N5S. The molecule has 2 aromatic rings. The SMILES string of the molecule is CNc1cccc(CSc2nnc3n2CCCCC3)n1. The van der Waals surface area contributed by atoms with Crippen LogP contribution in [0.5, 0.6) is 0 Å². The first-order valence-corrected chi connectivity index (χ1v) is 8.04. The zero-order valence-electron chi connectivity index (χ0n) is 11.7. The maximum absolute atomic E-state index is 4.53. The van der Waals surface area contributed by atoms with E-state index in [0.717, 1.165) is 41.2 Å². The first-order valence-electron chi connectivity index (χ1n) is 7.05. The Labute approximate surface area is 123 Å². The minimum atomic E-state index is 0.827. The van der Waals surface area contributed by atoms with Crippen LogP contribution in [-0.2, 0) is 18.7 Å². The van der Waals surface area contributed by atoms with E-state index in [1.807, 2.05) is 25.2 Å². The maximum atomic E-state index is 4.53. The highest BCUT2D eigenvalue weighted by molar-refractivity contribution is 7.98. The number of fused-ring (bicyclic) bond motifs is 1. The fourth-order valence-corrected chi connectivity index (χ4v) is 3.29. The summed E-state index contributed by atoms with van der Waals surface area (Å²) >= 11 is 1.72. The van der Waals surface area contributed by atoms with Gasteiger partial charge < -0.3 is 9.88 Å². The highest BCUT2D eigenvalue weighted by Crippen LogP contribution is 2.24. The summed E-state index contributed by atoms with van der Waals surface area (Å²) < 4.78 is 2.28. The van der Waals surface area contributed by atoms with Crippen molar-refractivity contribution in [2.24, 2.45) is 0 Å². The number of aryl methyl sites for hydroxylation is 1. The number of hydrogen-bond donors (Lipinski definition) is 1. The molecule has 0 saturated heterocycles. The van der Waals surface area contributed by atoms with E-state index >= 15 is 0 Å². The summed E-state index contributed by atoms with van der Waals surface area (Å²) in [6.07, 6.45) is 4.81. The van der Waals surface area contributed by atoms with E-state index in [9.17, 15) is 0 Å². The molecule has 0 aliphatic carbocycles. The minimum absolute atomic E-state index is 0.827. The van der Waals surface area contributed by atoms with Crippen LogP contribution in [0, 0.1) is 0 Å². The molecule has 1 N–H and O–H groups in total. The molecule has 3 rings (SSSR count). The van der Waals surface area contributed by atoms with Crippen LogP contribution in [0.25, 0.3) is 0 Å². The number of nitrogens with zero attached hydrogens (tertiary/aromatic N) is 4. The zero-order chi connectivity index (χ0) is 13.8. The Kier molecular flexibility index (Phi) is 4.20. The topological polar surface area (TPSA) is 55.6 Å². The van der Waals surface area contributed by atoms with Crippen molar-refractivity contribution in [3.63, 3.8) is 0 Å². The van der Waals surface area contributed by atoms with Gasteiger partial charge >= 0.3 is 0 Å². The first-order chi connectivity index (χ1) is 9.86. The smallest absolute Gasteiger partial charge is 0.191 e. The predicted octanol–water partition coefficient (Wildman–Crippen LogP) is 2.73. The molecule has 20 heavy (non-hydrogen) atoms. The Bertz CT molecular complexity index is 581. The summed E-state index contributed by atoms with van der Waals surface area (Å²) in [6.45, 7) is 1.05. The van der Waals surface area contributed by atoms with Gasteiger partial charge in [0.15, 0.2) is 5.16 Å². The van der Waals surface area contributed by atoms with Gasteiger partial charge in [0.1, 0.15) is 11.6 Å². The van der Waals surface area contributed by atoms with Crippen LogP contribution in [0.2, 0.25) is 0 Å². The first kappa shape index (κ1) is 13.4. The minimum Gasteiger partial charge on any atom is -0.373 e. The molecule has 2 aromatic heterocycles. The molecule has 5 nitrogen and oxygen atoms in total. The van der Waals surface area contributed by atoms with Crippen molar-refractivity contribution in [1.29, 1.82) is 0 Å². The highest BCUT2D eigenvalue weighted by atomic mass is 32.2. The summed E-state index contributed by atoms with van der Waals surface area (Å²) in [6, 6.07) is 6.05. The van der Waals surface area contributed by atoms with Crippen LogP contribution in [0.3, 0.4) is 0 Å². The van der Waals surface area contributed by atoms with Gasteiger partial charge in [-0.2, -0.15) is 0 Å². The van der Waals surface area contributed by atoms with Crippen molar-refractivity contribution in [3.8, 4) is 0 Å². The molecule has 0 fully saturated rings. The second kappa shape index (κ2) is 6.26. The molecule has 0 aromatic carbocycles. The number of anilines is 1. The molecule has 0 atom stereocenters. The molecule has 0 spiro atoms. The Morgan fingerprint density at radius 2 is 2.20 bits per heavy atom. The quantitative estimate of drug-likeness (QED) is 0.877. The number of hydrogen-bond acceptors (Lipinski definition) is 5. The second-order valence-corrected chi connectivity index (χ2v) is 5.86. The van der Waals surface area contributed by atoms with Gasteiger partial charge in [-0.05, 0) is 25.0 Å². The molecule has 0 amide bonds. The van der Waals surface area contributed by atoms with E-state index in [-0.39, 0.29) is 0 Å². The lowest BCUT2D eigenvalue weighted by Gasteiger charge is -2.06. The van der Waals surface area contributed by atoms with Crippen molar-refractivity contribution in [1.82, 2.24) is 19.7 Å². The second-order valence-electron chi connectivity index (χ2n) is 4.91. The normalized spacial score (nSPS) is 14.7. The van der Waals surface area contributed by atoms with E-state index in [4.69, 9.17) is 0 Å². The van der Waals surface area contributed by atoms with Crippen molar-refractivity contribution >= 4 is 17.6 Å². The largest absolute Gasteiger partial charge is 0.373 e. The summed E-state index contributed by atoms with van der Waals surface area (Å²) in [5, 5.41) is 12.7. The van der Waals surface area contributed by atoms with Gasteiger partial charge in [-0.25, -0.2) is 4.98 Å². The molecule has 0 saturated carbocycles. The van der Waals surface area contributed by atoms with E-state index in [0.29, 0.717) is 0 Å². The molecule has 1 aliphatic rings. The van der Waals surface area contributed by atoms with Gasteiger partial charge in [-0.1, -0.05) is 24.2 Å². The molecule has 3 heterocycles. The van der Waals surface area contributed by atoms with Gasteiger partial charge in [0.25, 0.3) is 0 Å². The molecule has 1 aliphatic heterocycles. The predicted molar refractivity (Wildman–Crippen MR) is 80.9 cm³/mol. The highest BCUT2D eigenvalue weighted by Gasteiger charge is 2.15. The standard InChI is InChI=1S/C14H19N5S/c1-15-12-7-5-6-11(16-12)10-20-14-18-17-13-8-3-2-4-9-19(13)14/h5-7H,2-4,8-10H2,1H3,(H,15,16). The molecule has 0 unspecified atom stereocenters. The molecular weight excluding hydrogens is 270 g/mol. The van der Waals surface area contributed by atoms with Crippen molar-refractivity contribution in [3.05, 3.63) is 29.7 Å². The van der Waals surface area contributed by atoms with Crippen LogP contribution in [0.4, 0.5) is 5.82 Å². The van der Waals surface area contributed by atoms with Gasteiger partial charge in [0, 0.05) is 25.8 Å². The van der Waals surface area contributed by atoms with Gasteiger partial charge in [0.05, 0.1) is 5.69 Å².